The van der Waals surface area contributed by atoms with Crippen LogP contribution in [-0.4, -0.2) is 25.5 Å². The summed E-state index contributed by atoms with van der Waals surface area (Å²) in [6.07, 6.45) is 3.85. The van der Waals surface area contributed by atoms with Gasteiger partial charge in [0.25, 0.3) is 0 Å². The normalized spacial score (nSPS) is 12.4. The van der Waals surface area contributed by atoms with Crippen LogP contribution >= 0.6 is 11.6 Å². The molecular weight excluding hydrogens is 398 g/mol. The van der Waals surface area contributed by atoms with Crippen LogP contribution in [0.5, 0.6) is 0 Å². The summed E-state index contributed by atoms with van der Waals surface area (Å²) in [6.45, 7) is 0.596. The van der Waals surface area contributed by atoms with Crippen molar-refractivity contribution in [3.63, 3.8) is 0 Å². The lowest BCUT2D eigenvalue weighted by Crippen LogP contribution is -2.26. The predicted molar refractivity (Wildman–Crippen MR) is 119 cm³/mol. The van der Waals surface area contributed by atoms with Crippen molar-refractivity contribution in [1.82, 2.24) is 5.32 Å². The molecule has 0 bridgehead atoms. The molecule has 150 valence electrons. The molecule has 0 radical (unpaired) electrons. The third kappa shape index (κ3) is 4.14. The number of ether oxygens (including phenoxy) is 1. The fourth-order valence-electron chi connectivity index (χ4n) is 3.74. The van der Waals surface area contributed by atoms with Crippen LogP contribution in [-0.2, 0) is 4.74 Å². The van der Waals surface area contributed by atoms with Gasteiger partial charge in [-0.05, 0) is 39.9 Å². The molecule has 0 aliphatic heterocycles. The summed E-state index contributed by atoms with van der Waals surface area (Å²) in [4.78, 5) is 23.1. The average Bonchev–Trinajstić information content (AvgIpc) is 3.10. The molecule has 1 amide bonds. The standard InChI is InChI=1S/C25H20ClNO3/c26-24-12-11-17(14-18(24)15-28)6-5-13-27-25(29)30-16-23-21-9-3-1-7-19(21)20-8-2-4-10-22(20)23/h1-12,14-15,23H,13,16H2,(H,27,29). The van der Waals surface area contributed by atoms with Crippen LogP contribution < -0.4 is 5.32 Å². The highest BCUT2D eigenvalue weighted by atomic mass is 35.5. The van der Waals surface area contributed by atoms with Crippen LogP contribution in [0.3, 0.4) is 0 Å². The van der Waals surface area contributed by atoms with Gasteiger partial charge < -0.3 is 10.1 Å². The Morgan fingerprint density at radius 2 is 1.67 bits per heavy atom. The van der Waals surface area contributed by atoms with Crippen molar-refractivity contribution >= 4 is 30.1 Å². The van der Waals surface area contributed by atoms with Crippen molar-refractivity contribution in [1.29, 1.82) is 0 Å². The fourth-order valence-corrected chi connectivity index (χ4v) is 3.91. The average molecular weight is 418 g/mol. The largest absolute Gasteiger partial charge is 0.449 e. The number of halogens is 1. The van der Waals surface area contributed by atoms with Gasteiger partial charge in [0.1, 0.15) is 6.61 Å². The second kappa shape index (κ2) is 8.97. The molecule has 0 unspecified atom stereocenters. The molecule has 0 aromatic heterocycles. The third-order valence-electron chi connectivity index (χ3n) is 5.17. The van der Waals surface area contributed by atoms with E-state index in [9.17, 15) is 9.59 Å². The van der Waals surface area contributed by atoms with Crippen LogP contribution in [0, 0.1) is 0 Å². The van der Waals surface area contributed by atoms with Gasteiger partial charge in [-0.15, -0.1) is 0 Å². The predicted octanol–water partition coefficient (Wildman–Crippen LogP) is 5.70. The highest BCUT2D eigenvalue weighted by Crippen LogP contribution is 2.44. The van der Waals surface area contributed by atoms with E-state index < -0.39 is 6.09 Å². The number of carbonyl (C=O) groups excluding carboxylic acids is 2. The first-order chi connectivity index (χ1) is 14.7. The Balaban J connectivity index is 1.33. The Morgan fingerprint density at radius 1 is 1.00 bits per heavy atom. The van der Waals surface area contributed by atoms with Crippen molar-refractivity contribution < 1.29 is 14.3 Å². The molecule has 0 atom stereocenters. The number of aldehydes is 1. The SMILES string of the molecule is O=Cc1cc(C=CCNC(=O)OCC2c3ccccc3-c3ccccc32)ccc1Cl. The minimum atomic E-state index is -0.466. The van der Waals surface area contributed by atoms with E-state index >= 15 is 0 Å². The molecular formula is C25H20ClNO3. The minimum absolute atomic E-state index is 0.0366. The van der Waals surface area contributed by atoms with Crippen molar-refractivity contribution in [3.05, 3.63) is 100 Å². The molecule has 1 aliphatic carbocycles. The van der Waals surface area contributed by atoms with Gasteiger partial charge in [0.2, 0.25) is 0 Å². The molecule has 5 heteroatoms. The Kier molecular flexibility index (Phi) is 5.96. The van der Waals surface area contributed by atoms with E-state index in [-0.39, 0.29) is 12.5 Å². The number of fused-ring (bicyclic) bond motifs is 3. The summed E-state index contributed by atoms with van der Waals surface area (Å²) in [5.41, 5.74) is 6.02. The van der Waals surface area contributed by atoms with Gasteiger partial charge >= 0.3 is 6.09 Å². The number of carbonyl (C=O) groups is 2. The van der Waals surface area contributed by atoms with Gasteiger partial charge in [-0.2, -0.15) is 0 Å². The van der Waals surface area contributed by atoms with Crippen molar-refractivity contribution in [2.45, 2.75) is 5.92 Å². The molecule has 1 N–H and O–H groups in total. The van der Waals surface area contributed by atoms with E-state index in [0.29, 0.717) is 23.4 Å². The number of rotatable bonds is 6. The Hall–Kier alpha value is -3.37. The Bertz CT molecular complexity index is 1080. The van der Waals surface area contributed by atoms with Gasteiger partial charge in [-0.3, -0.25) is 4.79 Å². The Morgan fingerprint density at radius 3 is 2.33 bits per heavy atom. The first-order valence-electron chi connectivity index (χ1n) is 9.67. The maximum atomic E-state index is 12.1. The van der Waals surface area contributed by atoms with E-state index in [2.05, 4.69) is 29.6 Å². The number of amides is 1. The Labute approximate surface area is 180 Å². The molecule has 1 aliphatic rings. The maximum absolute atomic E-state index is 12.1. The minimum Gasteiger partial charge on any atom is -0.449 e. The van der Waals surface area contributed by atoms with Gasteiger partial charge in [-0.25, -0.2) is 4.79 Å². The molecule has 0 spiro atoms. The second-order valence-corrected chi connectivity index (χ2v) is 7.41. The number of benzene rings is 3. The topological polar surface area (TPSA) is 55.4 Å². The van der Waals surface area contributed by atoms with Crippen molar-refractivity contribution in [2.75, 3.05) is 13.2 Å². The molecule has 3 aromatic carbocycles. The van der Waals surface area contributed by atoms with Crippen LogP contribution in [0.25, 0.3) is 17.2 Å². The summed E-state index contributed by atoms with van der Waals surface area (Å²) in [6, 6.07) is 21.6. The highest BCUT2D eigenvalue weighted by molar-refractivity contribution is 6.33. The lowest BCUT2D eigenvalue weighted by Gasteiger charge is -2.14. The zero-order valence-corrected chi connectivity index (χ0v) is 16.9. The first-order valence-corrected chi connectivity index (χ1v) is 10.1. The molecule has 4 rings (SSSR count). The summed E-state index contributed by atoms with van der Waals surface area (Å²) < 4.78 is 5.50. The molecule has 0 heterocycles. The molecule has 0 fully saturated rings. The van der Waals surface area contributed by atoms with Crippen LogP contribution in [0.15, 0.2) is 72.8 Å². The smallest absolute Gasteiger partial charge is 0.407 e. The zero-order chi connectivity index (χ0) is 20.9. The monoisotopic (exact) mass is 417 g/mol. The number of nitrogens with one attached hydrogen (secondary N) is 1. The van der Waals surface area contributed by atoms with Crippen LogP contribution in [0.1, 0.15) is 33.0 Å². The molecule has 0 saturated heterocycles. The molecule has 3 aromatic rings. The highest BCUT2D eigenvalue weighted by Gasteiger charge is 2.28. The van der Waals surface area contributed by atoms with Crippen molar-refractivity contribution in [3.8, 4) is 11.1 Å². The van der Waals surface area contributed by atoms with Crippen LogP contribution in [0.2, 0.25) is 5.02 Å². The summed E-state index contributed by atoms with van der Waals surface area (Å²) in [7, 11) is 0. The third-order valence-corrected chi connectivity index (χ3v) is 5.51. The van der Waals surface area contributed by atoms with Gasteiger partial charge in [0, 0.05) is 18.0 Å². The first kappa shape index (κ1) is 19.9. The van der Waals surface area contributed by atoms with E-state index in [1.165, 1.54) is 22.3 Å². The molecule has 30 heavy (non-hydrogen) atoms. The second-order valence-electron chi connectivity index (χ2n) is 7.01. The van der Waals surface area contributed by atoms with Crippen molar-refractivity contribution in [2.24, 2.45) is 0 Å². The van der Waals surface area contributed by atoms with E-state index in [0.717, 1.165) is 5.56 Å². The molecule has 0 saturated carbocycles. The van der Waals surface area contributed by atoms with E-state index in [1.807, 2.05) is 30.3 Å². The molecule has 4 nitrogen and oxygen atoms in total. The quantitative estimate of drug-likeness (QED) is 0.523. The van der Waals surface area contributed by atoms with E-state index in [1.54, 1.807) is 24.3 Å². The zero-order valence-electron chi connectivity index (χ0n) is 16.2. The fraction of sp³-hybridized carbons (Fsp3) is 0.120. The van der Waals surface area contributed by atoms with Gasteiger partial charge in [0.05, 0.1) is 5.02 Å². The maximum Gasteiger partial charge on any atom is 0.407 e. The van der Waals surface area contributed by atoms with Gasteiger partial charge in [0.15, 0.2) is 6.29 Å². The van der Waals surface area contributed by atoms with Crippen LogP contribution in [0.4, 0.5) is 4.79 Å². The number of alkyl carbamates (subject to hydrolysis) is 1. The summed E-state index contributed by atoms with van der Waals surface area (Å²) in [5.74, 6) is 0.0366. The lowest BCUT2D eigenvalue weighted by atomic mass is 9.98. The van der Waals surface area contributed by atoms with Gasteiger partial charge in [-0.1, -0.05) is 78.4 Å². The number of hydrogen-bond acceptors (Lipinski definition) is 3. The number of hydrogen-bond donors (Lipinski definition) is 1. The summed E-state index contributed by atoms with van der Waals surface area (Å²) >= 11 is 5.92. The lowest BCUT2D eigenvalue weighted by molar-refractivity contribution is 0.112. The summed E-state index contributed by atoms with van der Waals surface area (Å²) in [5, 5.41) is 3.14. The van der Waals surface area contributed by atoms with E-state index in [4.69, 9.17) is 16.3 Å².